The van der Waals surface area contributed by atoms with Gasteiger partial charge >= 0.3 is 5.69 Å². The van der Waals surface area contributed by atoms with E-state index in [2.05, 4.69) is 20.2 Å². The van der Waals surface area contributed by atoms with Crippen molar-refractivity contribution in [2.45, 2.75) is 6.54 Å². The van der Waals surface area contributed by atoms with Gasteiger partial charge in [0.1, 0.15) is 12.1 Å². The number of nitrogens with zero attached hydrogens (tertiary/aromatic N) is 5. The van der Waals surface area contributed by atoms with Crippen LogP contribution in [-0.2, 0) is 6.54 Å². The van der Waals surface area contributed by atoms with Gasteiger partial charge in [0.25, 0.3) is 0 Å². The summed E-state index contributed by atoms with van der Waals surface area (Å²) in [5.74, 6) is 1.14. The van der Waals surface area contributed by atoms with E-state index >= 15 is 0 Å². The average molecular weight is 348 g/mol. The Hall–Kier alpha value is -2.72. The third kappa shape index (κ3) is 4.03. The van der Waals surface area contributed by atoms with E-state index in [0.717, 1.165) is 13.1 Å². The number of nitrogens with one attached hydrogen (secondary N) is 1. The monoisotopic (exact) mass is 348 g/mol. The molecular formula is C15H20N6O4. The molecule has 0 aliphatic carbocycles. The van der Waals surface area contributed by atoms with Crippen molar-refractivity contribution < 1.29 is 14.4 Å². The Balaban J connectivity index is 1.77. The molecule has 1 aliphatic heterocycles. The van der Waals surface area contributed by atoms with Gasteiger partial charge in [-0.05, 0) is 12.1 Å². The number of piperazine rings is 1. The summed E-state index contributed by atoms with van der Waals surface area (Å²) >= 11 is 0. The first-order chi connectivity index (χ1) is 12.2. The number of aliphatic hydroxyl groups excluding tert-OH is 1. The molecule has 0 amide bonds. The van der Waals surface area contributed by atoms with Gasteiger partial charge in [-0.15, -0.1) is 0 Å². The van der Waals surface area contributed by atoms with Crippen LogP contribution >= 0.6 is 0 Å². The summed E-state index contributed by atoms with van der Waals surface area (Å²) in [4.78, 5) is 23.3. The molecule has 1 aliphatic rings. The van der Waals surface area contributed by atoms with E-state index in [9.17, 15) is 10.1 Å². The smallest absolute Gasteiger partial charge is 0.353 e. The van der Waals surface area contributed by atoms with Gasteiger partial charge in [-0.25, -0.2) is 9.97 Å². The van der Waals surface area contributed by atoms with Crippen LogP contribution in [0.3, 0.4) is 0 Å². The highest BCUT2D eigenvalue weighted by atomic mass is 16.6. The molecule has 10 heteroatoms. The molecule has 2 aromatic heterocycles. The fourth-order valence-corrected chi connectivity index (χ4v) is 2.81. The molecule has 0 spiro atoms. The van der Waals surface area contributed by atoms with Crippen molar-refractivity contribution in [2.24, 2.45) is 0 Å². The first-order valence-electron chi connectivity index (χ1n) is 8.03. The molecule has 3 rings (SSSR count). The van der Waals surface area contributed by atoms with Gasteiger partial charge in [0.05, 0.1) is 24.3 Å². The molecular weight excluding hydrogens is 328 g/mol. The van der Waals surface area contributed by atoms with Gasteiger partial charge in [0.2, 0.25) is 11.6 Å². The van der Waals surface area contributed by atoms with Gasteiger partial charge in [-0.2, -0.15) is 0 Å². The zero-order valence-corrected chi connectivity index (χ0v) is 13.7. The number of aromatic nitrogens is 2. The second-order valence-electron chi connectivity index (χ2n) is 5.64. The van der Waals surface area contributed by atoms with Crippen LogP contribution in [0.4, 0.5) is 17.3 Å². The van der Waals surface area contributed by atoms with Crippen molar-refractivity contribution in [3.63, 3.8) is 0 Å². The largest absolute Gasteiger partial charge is 0.467 e. The highest BCUT2D eigenvalue weighted by Crippen LogP contribution is 2.32. The molecule has 2 N–H and O–H groups in total. The standard InChI is InChI=1S/C15H20N6O4/c22-8-7-19-3-5-20(6-4-19)15-13(21(23)24)14(17-11-18-15)16-10-12-2-1-9-25-12/h1-2,9,11,22H,3-8,10H2,(H,16,17,18). The quantitative estimate of drug-likeness (QED) is 0.550. The predicted octanol–water partition coefficient (Wildman–Crippen LogP) is 0.704. The Morgan fingerprint density at radius 3 is 2.76 bits per heavy atom. The molecule has 1 fully saturated rings. The van der Waals surface area contributed by atoms with Crippen molar-refractivity contribution >= 4 is 17.3 Å². The second kappa shape index (κ2) is 7.90. The van der Waals surface area contributed by atoms with E-state index < -0.39 is 4.92 Å². The van der Waals surface area contributed by atoms with E-state index in [1.165, 1.54) is 6.33 Å². The lowest BCUT2D eigenvalue weighted by Crippen LogP contribution is -2.47. The number of aliphatic hydroxyl groups is 1. The van der Waals surface area contributed by atoms with Crippen LogP contribution in [0.2, 0.25) is 0 Å². The van der Waals surface area contributed by atoms with Crippen LogP contribution in [0, 0.1) is 10.1 Å². The van der Waals surface area contributed by atoms with E-state index in [1.54, 1.807) is 18.4 Å². The lowest BCUT2D eigenvalue weighted by Gasteiger charge is -2.34. The van der Waals surface area contributed by atoms with Gasteiger partial charge in [-0.1, -0.05) is 0 Å². The van der Waals surface area contributed by atoms with Crippen LogP contribution in [0.25, 0.3) is 0 Å². The van der Waals surface area contributed by atoms with Gasteiger partial charge < -0.3 is 19.7 Å². The lowest BCUT2D eigenvalue weighted by atomic mass is 10.3. The lowest BCUT2D eigenvalue weighted by molar-refractivity contribution is -0.383. The summed E-state index contributed by atoms with van der Waals surface area (Å²) in [5.41, 5.74) is -0.135. The second-order valence-corrected chi connectivity index (χ2v) is 5.64. The summed E-state index contributed by atoms with van der Waals surface area (Å²) in [6.07, 6.45) is 2.87. The van der Waals surface area contributed by atoms with Crippen LogP contribution < -0.4 is 10.2 Å². The number of β-amino-alcohol motifs (C(OH)–C–C–N with tert-alkyl or cyclic N) is 1. The van der Waals surface area contributed by atoms with Crippen molar-refractivity contribution in [1.29, 1.82) is 0 Å². The zero-order valence-electron chi connectivity index (χ0n) is 13.7. The molecule has 0 radical (unpaired) electrons. The minimum atomic E-state index is -0.458. The molecule has 2 aromatic rings. The number of rotatable bonds is 7. The van der Waals surface area contributed by atoms with Crippen molar-refractivity contribution in [3.05, 3.63) is 40.6 Å². The van der Waals surface area contributed by atoms with Crippen molar-refractivity contribution in [1.82, 2.24) is 14.9 Å². The molecule has 0 unspecified atom stereocenters. The molecule has 0 aromatic carbocycles. The fourth-order valence-electron chi connectivity index (χ4n) is 2.81. The first kappa shape index (κ1) is 17.1. The highest BCUT2D eigenvalue weighted by molar-refractivity contribution is 5.70. The minimum absolute atomic E-state index is 0.106. The number of hydrogen-bond acceptors (Lipinski definition) is 9. The molecule has 134 valence electrons. The SMILES string of the molecule is O=[N+]([O-])c1c(NCc2ccco2)ncnc1N1CCN(CCO)CC1. The Kier molecular flexibility index (Phi) is 5.41. The molecule has 0 bridgehead atoms. The van der Waals surface area contributed by atoms with Crippen LogP contribution in [0.1, 0.15) is 5.76 Å². The molecule has 0 saturated carbocycles. The molecule has 0 atom stereocenters. The summed E-state index contributed by atoms with van der Waals surface area (Å²) in [6, 6.07) is 3.53. The van der Waals surface area contributed by atoms with Crippen molar-refractivity contribution in [2.75, 3.05) is 49.5 Å². The van der Waals surface area contributed by atoms with Gasteiger partial charge in [-0.3, -0.25) is 15.0 Å². The maximum absolute atomic E-state index is 11.6. The Labute approximate surface area is 144 Å². The fraction of sp³-hybridized carbons (Fsp3) is 0.467. The molecule has 25 heavy (non-hydrogen) atoms. The first-order valence-corrected chi connectivity index (χ1v) is 8.03. The molecule has 10 nitrogen and oxygen atoms in total. The average Bonchev–Trinajstić information content (AvgIpc) is 3.14. The third-order valence-electron chi connectivity index (χ3n) is 4.08. The van der Waals surface area contributed by atoms with Crippen LogP contribution in [0.5, 0.6) is 0 Å². The maximum atomic E-state index is 11.6. The third-order valence-corrected chi connectivity index (χ3v) is 4.08. The number of anilines is 2. The van der Waals surface area contributed by atoms with E-state index in [4.69, 9.17) is 9.52 Å². The summed E-state index contributed by atoms with van der Waals surface area (Å²) in [6.45, 7) is 3.66. The van der Waals surface area contributed by atoms with Crippen molar-refractivity contribution in [3.8, 4) is 0 Å². The summed E-state index contributed by atoms with van der Waals surface area (Å²) in [7, 11) is 0. The minimum Gasteiger partial charge on any atom is -0.467 e. The normalized spacial score (nSPS) is 15.3. The van der Waals surface area contributed by atoms with E-state index in [-0.39, 0.29) is 18.1 Å². The number of hydrogen-bond donors (Lipinski definition) is 2. The summed E-state index contributed by atoms with van der Waals surface area (Å²) in [5, 5.41) is 23.6. The van der Waals surface area contributed by atoms with E-state index in [1.807, 2.05) is 4.90 Å². The van der Waals surface area contributed by atoms with Crippen LogP contribution in [-0.4, -0.2) is 64.2 Å². The Morgan fingerprint density at radius 2 is 2.12 bits per heavy atom. The maximum Gasteiger partial charge on any atom is 0.353 e. The Bertz CT molecular complexity index is 700. The Morgan fingerprint density at radius 1 is 1.32 bits per heavy atom. The molecule has 1 saturated heterocycles. The van der Waals surface area contributed by atoms with Gasteiger partial charge in [0, 0.05) is 32.7 Å². The zero-order chi connectivity index (χ0) is 17.6. The van der Waals surface area contributed by atoms with Gasteiger partial charge in [0.15, 0.2) is 0 Å². The topological polar surface area (TPSA) is 121 Å². The highest BCUT2D eigenvalue weighted by Gasteiger charge is 2.29. The van der Waals surface area contributed by atoms with E-state index in [0.29, 0.717) is 37.8 Å². The number of furan rings is 1. The summed E-state index contributed by atoms with van der Waals surface area (Å²) < 4.78 is 5.22. The van der Waals surface area contributed by atoms with Crippen LogP contribution in [0.15, 0.2) is 29.1 Å². The predicted molar refractivity (Wildman–Crippen MR) is 90.5 cm³/mol. The number of nitro groups is 1. The molecule has 3 heterocycles.